The molecule has 0 aromatic carbocycles. The maximum absolute atomic E-state index is 11.4. The van der Waals surface area contributed by atoms with Gasteiger partial charge in [-0.3, -0.25) is 19.2 Å². The molecular formula is C10H10O5. The average molecular weight is 210 g/mol. The van der Waals surface area contributed by atoms with Crippen LogP contribution in [0.3, 0.4) is 0 Å². The van der Waals surface area contributed by atoms with Crippen LogP contribution in [0.5, 0.6) is 0 Å². The lowest BCUT2D eigenvalue weighted by atomic mass is 9.96. The highest BCUT2D eigenvalue weighted by atomic mass is 16.4. The molecule has 0 radical (unpaired) electrons. The maximum atomic E-state index is 11.4. The third-order valence-corrected chi connectivity index (χ3v) is 2.12. The molecule has 5 heteroatoms. The summed E-state index contributed by atoms with van der Waals surface area (Å²) >= 11 is 0. The lowest BCUT2D eigenvalue weighted by molar-refractivity contribution is -0.137. The highest BCUT2D eigenvalue weighted by molar-refractivity contribution is 6.30. The second kappa shape index (κ2) is 4.63. The van der Waals surface area contributed by atoms with Crippen molar-refractivity contribution in [3.63, 3.8) is 0 Å². The number of Topliss-reactive ketones (excluding diaryl/α,β-unsaturated/α-hetero) is 1. The van der Waals surface area contributed by atoms with Crippen LogP contribution in [0.4, 0.5) is 0 Å². The first kappa shape index (κ1) is 11.3. The van der Waals surface area contributed by atoms with E-state index in [1.54, 1.807) is 0 Å². The van der Waals surface area contributed by atoms with Gasteiger partial charge in [0.1, 0.15) is 5.92 Å². The molecule has 0 heterocycles. The van der Waals surface area contributed by atoms with E-state index in [2.05, 4.69) is 0 Å². The summed E-state index contributed by atoms with van der Waals surface area (Å²) in [5, 5.41) is 8.34. The summed E-state index contributed by atoms with van der Waals surface area (Å²) in [5.74, 6) is -3.69. The molecule has 1 rings (SSSR count). The van der Waals surface area contributed by atoms with Crippen molar-refractivity contribution >= 4 is 23.3 Å². The Hall–Kier alpha value is -1.78. The van der Waals surface area contributed by atoms with Gasteiger partial charge in [-0.2, -0.15) is 0 Å². The van der Waals surface area contributed by atoms with Gasteiger partial charge in [-0.05, 0) is 18.6 Å². The molecule has 0 fully saturated rings. The molecule has 0 unspecified atom stereocenters. The van der Waals surface area contributed by atoms with E-state index in [1.165, 1.54) is 0 Å². The van der Waals surface area contributed by atoms with E-state index in [1.807, 2.05) is 0 Å². The van der Waals surface area contributed by atoms with E-state index < -0.39 is 29.2 Å². The van der Waals surface area contributed by atoms with Gasteiger partial charge in [0.15, 0.2) is 17.3 Å². The lowest BCUT2D eigenvalue weighted by Gasteiger charge is -2.04. The number of carboxylic acid groups (broad SMARTS) is 1. The van der Waals surface area contributed by atoms with Crippen LogP contribution in [0.1, 0.15) is 19.3 Å². The van der Waals surface area contributed by atoms with Gasteiger partial charge >= 0.3 is 5.97 Å². The van der Waals surface area contributed by atoms with Crippen LogP contribution in [-0.4, -0.2) is 28.4 Å². The average Bonchev–Trinajstić information content (AvgIpc) is 2.45. The summed E-state index contributed by atoms with van der Waals surface area (Å²) in [7, 11) is 0. The van der Waals surface area contributed by atoms with Crippen molar-refractivity contribution in [2.45, 2.75) is 19.3 Å². The monoisotopic (exact) mass is 210 g/mol. The van der Waals surface area contributed by atoms with E-state index in [-0.39, 0.29) is 19.3 Å². The van der Waals surface area contributed by atoms with Crippen LogP contribution >= 0.6 is 0 Å². The molecule has 1 aliphatic carbocycles. The van der Waals surface area contributed by atoms with Crippen LogP contribution in [0.2, 0.25) is 0 Å². The highest BCUT2D eigenvalue weighted by Crippen LogP contribution is 2.15. The number of ketones is 3. The molecule has 5 nitrogen and oxygen atoms in total. The van der Waals surface area contributed by atoms with Gasteiger partial charge in [0, 0.05) is 12.8 Å². The summed E-state index contributed by atoms with van der Waals surface area (Å²) < 4.78 is 0. The molecule has 0 aliphatic heterocycles. The van der Waals surface area contributed by atoms with Gasteiger partial charge in [0.05, 0.1) is 0 Å². The van der Waals surface area contributed by atoms with E-state index in [0.29, 0.717) is 0 Å². The van der Waals surface area contributed by atoms with E-state index in [4.69, 9.17) is 5.11 Å². The molecule has 0 aromatic heterocycles. The smallest absolute Gasteiger partial charge is 0.303 e. The van der Waals surface area contributed by atoms with Gasteiger partial charge in [-0.15, -0.1) is 0 Å². The molecule has 0 spiro atoms. The van der Waals surface area contributed by atoms with Crippen molar-refractivity contribution in [1.82, 2.24) is 0 Å². The molecule has 0 atom stereocenters. The van der Waals surface area contributed by atoms with E-state index in [9.17, 15) is 19.2 Å². The van der Waals surface area contributed by atoms with Crippen molar-refractivity contribution in [3.05, 3.63) is 12.2 Å². The summed E-state index contributed by atoms with van der Waals surface area (Å²) in [6, 6.07) is 0. The predicted molar refractivity (Wildman–Crippen MR) is 49.1 cm³/mol. The molecule has 0 saturated carbocycles. The van der Waals surface area contributed by atoms with Crippen molar-refractivity contribution in [2.75, 3.05) is 0 Å². The molecule has 0 amide bonds. The fourth-order valence-corrected chi connectivity index (χ4v) is 1.37. The first-order valence-electron chi connectivity index (χ1n) is 4.52. The summed E-state index contributed by atoms with van der Waals surface area (Å²) in [4.78, 5) is 43.7. The first-order chi connectivity index (χ1) is 7.02. The van der Waals surface area contributed by atoms with Crippen LogP contribution in [-0.2, 0) is 19.2 Å². The molecule has 0 saturated heterocycles. The normalized spacial score (nSPS) is 16.0. The second-order valence-corrected chi connectivity index (χ2v) is 3.28. The minimum atomic E-state index is -1.21. The Kier molecular flexibility index (Phi) is 3.49. The summed E-state index contributed by atoms with van der Waals surface area (Å²) in [5.41, 5.74) is 0. The summed E-state index contributed by atoms with van der Waals surface area (Å²) in [6.45, 7) is 0. The zero-order valence-electron chi connectivity index (χ0n) is 7.93. The Morgan fingerprint density at radius 1 is 1.13 bits per heavy atom. The van der Waals surface area contributed by atoms with Crippen LogP contribution in [0, 0.1) is 5.92 Å². The van der Waals surface area contributed by atoms with Crippen molar-refractivity contribution in [3.8, 4) is 0 Å². The van der Waals surface area contributed by atoms with Gasteiger partial charge in [-0.25, -0.2) is 0 Å². The number of carbonyl (C=O) groups is 4. The Labute approximate surface area is 85.8 Å². The molecule has 0 aromatic rings. The topological polar surface area (TPSA) is 88.5 Å². The zero-order chi connectivity index (χ0) is 11.4. The Bertz CT molecular complexity index is 335. The predicted octanol–water partition coefficient (Wildman–Crippen LogP) is 0.135. The fraction of sp³-hybridized carbons (Fsp3) is 0.400. The van der Waals surface area contributed by atoms with Gasteiger partial charge in [0.25, 0.3) is 0 Å². The van der Waals surface area contributed by atoms with Crippen molar-refractivity contribution < 1.29 is 24.3 Å². The van der Waals surface area contributed by atoms with Gasteiger partial charge in [0.2, 0.25) is 0 Å². The molecular weight excluding hydrogens is 200 g/mol. The van der Waals surface area contributed by atoms with E-state index >= 15 is 0 Å². The Balaban J connectivity index is 2.44. The first-order valence-corrected chi connectivity index (χ1v) is 4.52. The Morgan fingerprint density at radius 2 is 1.67 bits per heavy atom. The largest absolute Gasteiger partial charge is 0.481 e. The third kappa shape index (κ3) is 2.83. The zero-order valence-corrected chi connectivity index (χ0v) is 7.93. The van der Waals surface area contributed by atoms with E-state index in [0.717, 1.165) is 12.2 Å². The lowest BCUT2D eigenvalue weighted by Crippen LogP contribution is -2.25. The standard InChI is InChI=1S/C10H10O5/c11-6(2-1-3-9(14)15)10-7(12)4-5-8(10)13/h4-5,10H,1-3H2,(H,14,15). The third-order valence-electron chi connectivity index (χ3n) is 2.12. The number of hydrogen-bond acceptors (Lipinski definition) is 4. The molecule has 15 heavy (non-hydrogen) atoms. The van der Waals surface area contributed by atoms with Crippen molar-refractivity contribution in [1.29, 1.82) is 0 Å². The van der Waals surface area contributed by atoms with Crippen molar-refractivity contribution in [2.24, 2.45) is 5.92 Å². The number of carboxylic acids is 1. The van der Waals surface area contributed by atoms with Crippen LogP contribution < -0.4 is 0 Å². The van der Waals surface area contributed by atoms with Crippen LogP contribution in [0.15, 0.2) is 12.2 Å². The number of hydrogen-bond donors (Lipinski definition) is 1. The number of carbonyl (C=O) groups excluding carboxylic acids is 3. The SMILES string of the molecule is O=C(O)CCCC(=O)C1C(=O)C=CC1=O. The molecule has 1 aliphatic rings. The number of allylic oxidation sites excluding steroid dienone is 2. The summed E-state index contributed by atoms with van der Waals surface area (Å²) in [6.07, 6.45) is 2.15. The highest BCUT2D eigenvalue weighted by Gasteiger charge is 2.33. The van der Waals surface area contributed by atoms with Gasteiger partial charge in [-0.1, -0.05) is 0 Å². The van der Waals surface area contributed by atoms with Crippen LogP contribution in [0.25, 0.3) is 0 Å². The quantitative estimate of drug-likeness (QED) is 0.652. The second-order valence-electron chi connectivity index (χ2n) is 3.28. The van der Waals surface area contributed by atoms with Gasteiger partial charge < -0.3 is 5.11 Å². The number of rotatable bonds is 5. The maximum Gasteiger partial charge on any atom is 0.303 e. The molecule has 0 bridgehead atoms. The molecule has 80 valence electrons. The Morgan fingerprint density at radius 3 is 2.13 bits per heavy atom. The minimum Gasteiger partial charge on any atom is -0.481 e. The molecule has 1 N–H and O–H groups in total. The fourth-order valence-electron chi connectivity index (χ4n) is 1.37. The number of aliphatic carboxylic acids is 1. The minimum absolute atomic E-state index is 0.0455.